The third-order valence-corrected chi connectivity index (χ3v) is 10.5. The number of hydrogen-bond acceptors (Lipinski definition) is 10. The van der Waals surface area contributed by atoms with E-state index in [1.807, 2.05) is 0 Å². The van der Waals surface area contributed by atoms with Crippen LogP contribution in [0, 0.1) is 0 Å². The van der Waals surface area contributed by atoms with Gasteiger partial charge in [0.25, 0.3) is 0 Å². The third-order valence-electron chi connectivity index (χ3n) is 10.5. The Morgan fingerprint density at radius 3 is 1.37 bits per heavy atom. The molecule has 0 spiro atoms. The van der Waals surface area contributed by atoms with Crippen molar-refractivity contribution in [2.24, 2.45) is 0 Å². The Balaban J connectivity index is 4.38. The molecular formula is C44H87NO9. The van der Waals surface area contributed by atoms with Gasteiger partial charge in [0.2, 0.25) is 0 Å². The average Bonchev–Trinajstić information content (AvgIpc) is 3.14. The van der Waals surface area contributed by atoms with Crippen LogP contribution in [0.15, 0.2) is 0 Å². The minimum absolute atomic E-state index is 0.137. The first-order valence-electron chi connectivity index (χ1n) is 22.7. The second-order valence-corrected chi connectivity index (χ2v) is 15.8. The van der Waals surface area contributed by atoms with E-state index in [4.69, 9.17) is 9.47 Å². The molecule has 0 saturated heterocycles. The molecule has 5 N–H and O–H groups in total. The number of rotatable bonds is 41. The minimum atomic E-state index is -3.24. The average molecular weight is 774 g/mol. The van der Waals surface area contributed by atoms with Crippen molar-refractivity contribution < 1.29 is 44.6 Å². The Labute approximate surface area is 331 Å². The van der Waals surface area contributed by atoms with Gasteiger partial charge in [-0.15, -0.1) is 0 Å². The SMILES string of the molecule is CCCCCCCCCCCOC(=O)CCCCCN(CCCCCCC(O)C(=O)OC(CCCCCCCC)CCCCCCCC)C(O)C(O)(O)O. The summed E-state index contributed by atoms with van der Waals surface area (Å²) in [5, 5.41) is 49.7. The van der Waals surface area contributed by atoms with Gasteiger partial charge in [0, 0.05) is 19.5 Å². The summed E-state index contributed by atoms with van der Waals surface area (Å²) in [5.74, 6) is -3.97. The first-order chi connectivity index (χ1) is 26.1. The molecule has 0 saturated carbocycles. The van der Waals surface area contributed by atoms with E-state index in [0.29, 0.717) is 64.6 Å². The summed E-state index contributed by atoms with van der Waals surface area (Å²) in [7, 11) is 0. The van der Waals surface area contributed by atoms with Crippen molar-refractivity contribution >= 4 is 11.9 Å². The molecule has 2 atom stereocenters. The molecule has 0 aliphatic heterocycles. The molecule has 0 bridgehead atoms. The van der Waals surface area contributed by atoms with Gasteiger partial charge in [-0.2, -0.15) is 0 Å². The van der Waals surface area contributed by atoms with Gasteiger partial charge in [-0.1, -0.05) is 162 Å². The standard InChI is InChI=1S/C44H87NO9/c1-4-7-10-13-16-17-18-23-31-38-53-41(47)35-28-24-30-37-45(43(49)44(50,51)52)36-29-22-21-27-34-40(46)42(48)54-39(32-25-19-14-11-8-5-2)33-26-20-15-12-9-6-3/h39-40,43,46,49-52H,4-38H2,1-3H3. The molecule has 0 aromatic heterocycles. The highest BCUT2D eigenvalue weighted by Crippen LogP contribution is 2.19. The summed E-state index contributed by atoms with van der Waals surface area (Å²) in [6.45, 7) is 7.76. The van der Waals surface area contributed by atoms with Crippen LogP contribution in [-0.2, 0) is 19.1 Å². The maximum absolute atomic E-state index is 12.8. The fraction of sp³-hybridized carbons (Fsp3) is 0.955. The van der Waals surface area contributed by atoms with Crippen LogP contribution >= 0.6 is 0 Å². The highest BCUT2D eigenvalue weighted by atomic mass is 16.7. The van der Waals surface area contributed by atoms with Crippen molar-refractivity contribution in [3.05, 3.63) is 0 Å². The lowest BCUT2D eigenvalue weighted by Gasteiger charge is -2.32. The number of hydrogen-bond donors (Lipinski definition) is 5. The number of carbonyl (C=O) groups is 2. The Hall–Kier alpha value is -1.30. The number of carbonyl (C=O) groups excluding carboxylic acids is 2. The predicted molar refractivity (Wildman–Crippen MR) is 219 cm³/mol. The molecule has 0 fully saturated rings. The van der Waals surface area contributed by atoms with Crippen molar-refractivity contribution in [1.29, 1.82) is 0 Å². The van der Waals surface area contributed by atoms with E-state index in [-0.39, 0.29) is 12.1 Å². The fourth-order valence-corrected chi connectivity index (χ4v) is 6.97. The summed E-state index contributed by atoms with van der Waals surface area (Å²) in [5.41, 5.74) is 0. The Morgan fingerprint density at radius 1 is 0.519 bits per heavy atom. The molecule has 0 aromatic carbocycles. The van der Waals surface area contributed by atoms with Crippen LogP contribution in [0.25, 0.3) is 0 Å². The number of nitrogens with zero attached hydrogens (tertiary/aromatic N) is 1. The summed E-state index contributed by atoms with van der Waals surface area (Å²) >= 11 is 0. The van der Waals surface area contributed by atoms with E-state index < -0.39 is 24.3 Å². The van der Waals surface area contributed by atoms with Gasteiger partial charge in [0.15, 0.2) is 12.3 Å². The lowest BCUT2D eigenvalue weighted by molar-refractivity contribution is -0.379. The van der Waals surface area contributed by atoms with Gasteiger partial charge in [0.1, 0.15) is 6.10 Å². The van der Waals surface area contributed by atoms with E-state index in [1.165, 1.54) is 101 Å². The third kappa shape index (κ3) is 32.9. The largest absolute Gasteiger partial charge is 0.466 e. The van der Waals surface area contributed by atoms with E-state index in [9.17, 15) is 35.1 Å². The van der Waals surface area contributed by atoms with Gasteiger partial charge in [0.05, 0.1) is 6.61 Å². The molecule has 0 aliphatic rings. The Morgan fingerprint density at radius 2 is 0.907 bits per heavy atom. The maximum atomic E-state index is 12.8. The van der Waals surface area contributed by atoms with Gasteiger partial charge in [-0.25, -0.2) is 4.79 Å². The molecule has 10 heteroatoms. The predicted octanol–water partition coefficient (Wildman–Crippen LogP) is 9.60. The quantitative estimate of drug-likeness (QED) is 0.0230. The number of aliphatic hydroxyl groups is 5. The topological polar surface area (TPSA) is 157 Å². The second-order valence-electron chi connectivity index (χ2n) is 15.8. The fourth-order valence-electron chi connectivity index (χ4n) is 6.97. The van der Waals surface area contributed by atoms with E-state index in [2.05, 4.69) is 20.8 Å². The molecule has 0 heterocycles. The van der Waals surface area contributed by atoms with Crippen LogP contribution in [-0.4, -0.2) is 86.5 Å². The number of ether oxygens (including phenoxy) is 2. The summed E-state index contributed by atoms with van der Waals surface area (Å²) in [6.07, 6.45) is 29.0. The lowest BCUT2D eigenvalue weighted by Crippen LogP contribution is -2.53. The van der Waals surface area contributed by atoms with Crippen molar-refractivity contribution in [1.82, 2.24) is 4.90 Å². The second kappa shape index (κ2) is 37.3. The molecule has 0 rings (SSSR count). The highest BCUT2D eigenvalue weighted by Gasteiger charge is 2.35. The summed E-state index contributed by atoms with van der Waals surface area (Å²) < 4.78 is 11.2. The molecular weight excluding hydrogens is 686 g/mol. The molecule has 322 valence electrons. The zero-order valence-corrected chi connectivity index (χ0v) is 35.3. The van der Waals surface area contributed by atoms with Gasteiger partial charge < -0.3 is 35.0 Å². The van der Waals surface area contributed by atoms with Crippen molar-refractivity contribution in [2.75, 3.05) is 19.7 Å². The first kappa shape index (κ1) is 52.7. The van der Waals surface area contributed by atoms with Crippen LogP contribution in [0.2, 0.25) is 0 Å². The normalized spacial score (nSPS) is 13.1. The van der Waals surface area contributed by atoms with Crippen LogP contribution in [0.1, 0.15) is 226 Å². The van der Waals surface area contributed by atoms with Crippen molar-refractivity contribution in [2.45, 2.75) is 251 Å². The molecule has 0 aromatic rings. The Bertz CT molecular complexity index is 821. The van der Waals surface area contributed by atoms with Gasteiger partial charge in [-0.05, 0) is 57.8 Å². The van der Waals surface area contributed by atoms with E-state index in [1.54, 1.807) is 0 Å². The maximum Gasteiger partial charge on any atom is 0.335 e. The molecule has 0 radical (unpaired) electrons. The number of aliphatic hydroxyl groups excluding tert-OH is 2. The highest BCUT2D eigenvalue weighted by molar-refractivity contribution is 5.74. The molecule has 54 heavy (non-hydrogen) atoms. The molecule has 0 amide bonds. The summed E-state index contributed by atoms with van der Waals surface area (Å²) in [4.78, 5) is 26.3. The van der Waals surface area contributed by atoms with Crippen LogP contribution in [0.3, 0.4) is 0 Å². The van der Waals surface area contributed by atoms with Crippen LogP contribution < -0.4 is 0 Å². The zero-order chi connectivity index (χ0) is 40.1. The van der Waals surface area contributed by atoms with Gasteiger partial charge in [-0.3, -0.25) is 9.69 Å². The monoisotopic (exact) mass is 774 g/mol. The minimum Gasteiger partial charge on any atom is -0.466 e. The number of unbranched alkanes of at least 4 members (excludes halogenated alkanes) is 23. The van der Waals surface area contributed by atoms with Crippen LogP contribution in [0.4, 0.5) is 0 Å². The molecule has 0 aliphatic carbocycles. The zero-order valence-electron chi connectivity index (χ0n) is 35.3. The molecule has 10 nitrogen and oxygen atoms in total. The lowest BCUT2D eigenvalue weighted by atomic mass is 10.0. The van der Waals surface area contributed by atoms with Gasteiger partial charge >= 0.3 is 17.9 Å². The van der Waals surface area contributed by atoms with Crippen molar-refractivity contribution in [3.63, 3.8) is 0 Å². The van der Waals surface area contributed by atoms with E-state index >= 15 is 0 Å². The number of esters is 2. The van der Waals surface area contributed by atoms with E-state index in [0.717, 1.165) is 64.2 Å². The molecule has 2 unspecified atom stereocenters. The Kier molecular flexibility index (Phi) is 36.4. The smallest absolute Gasteiger partial charge is 0.335 e. The van der Waals surface area contributed by atoms with Crippen molar-refractivity contribution in [3.8, 4) is 0 Å². The first-order valence-corrected chi connectivity index (χ1v) is 22.7. The van der Waals surface area contributed by atoms with Crippen LogP contribution in [0.5, 0.6) is 0 Å². The summed E-state index contributed by atoms with van der Waals surface area (Å²) in [6, 6.07) is 0.